The van der Waals surface area contributed by atoms with E-state index in [0.29, 0.717) is 21.7 Å². The summed E-state index contributed by atoms with van der Waals surface area (Å²) in [6.07, 6.45) is 3.87. The van der Waals surface area contributed by atoms with Gasteiger partial charge in [-0.2, -0.15) is 19.7 Å². The Morgan fingerprint density at radius 1 is 0.951 bits per heavy atom. The molecule has 6 rings (SSSR count). The van der Waals surface area contributed by atoms with E-state index in [9.17, 15) is 9.59 Å². The van der Waals surface area contributed by atoms with E-state index in [1.165, 1.54) is 4.52 Å². The predicted octanol–water partition coefficient (Wildman–Crippen LogP) is 4.28. The highest BCUT2D eigenvalue weighted by Gasteiger charge is 2.16. The largest absolute Gasteiger partial charge is 0.497 e. The second-order valence-electron chi connectivity index (χ2n) is 9.06. The quantitative estimate of drug-likeness (QED) is 0.260. The van der Waals surface area contributed by atoms with E-state index in [-0.39, 0.29) is 22.6 Å². The molecule has 0 amide bonds. The summed E-state index contributed by atoms with van der Waals surface area (Å²) in [4.78, 5) is 30.6. The summed E-state index contributed by atoms with van der Waals surface area (Å²) in [6, 6.07) is 22.7. The van der Waals surface area contributed by atoms with Gasteiger partial charge in [-0.3, -0.25) is 9.59 Å². The van der Waals surface area contributed by atoms with Crippen LogP contribution in [0.15, 0.2) is 93.1 Å². The van der Waals surface area contributed by atoms with Gasteiger partial charge < -0.3 is 9.47 Å². The fourth-order valence-corrected chi connectivity index (χ4v) is 5.81. The molecule has 0 bridgehead atoms. The summed E-state index contributed by atoms with van der Waals surface area (Å²) >= 11 is 4.66. The maximum atomic E-state index is 13.5. The molecule has 0 fully saturated rings. The van der Waals surface area contributed by atoms with Crippen molar-refractivity contribution in [3.05, 3.63) is 126 Å². The van der Waals surface area contributed by atoms with Crippen LogP contribution in [-0.2, 0) is 6.42 Å². The number of methoxy groups -OCH3 is 2. The van der Waals surface area contributed by atoms with E-state index in [1.807, 2.05) is 79.0 Å². The second kappa shape index (κ2) is 11.1. The smallest absolute Gasteiger partial charge is 0.296 e. The lowest BCUT2D eigenvalue weighted by Gasteiger charge is -2.05. The first kappa shape index (κ1) is 26.6. The minimum absolute atomic E-state index is 0.190. The fraction of sp³-hybridized carbons (Fsp3) is 0.100. The molecule has 6 aromatic rings. The van der Waals surface area contributed by atoms with Crippen molar-refractivity contribution in [3.63, 3.8) is 0 Å². The maximum Gasteiger partial charge on any atom is 0.296 e. The van der Waals surface area contributed by atoms with Crippen molar-refractivity contribution in [3.8, 4) is 28.4 Å². The van der Waals surface area contributed by atoms with Crippen LogP contribution in [0.4, 0.5) is 0 Å². The lowest BCUT2D eigenvalue weighted by molar-refractivity contribution is 0.412. The third-order valence-corrected chi connectivity index (χ3v) is 8.03. The van der Waals surface area contributed by atoms with Gasteiger partial charge in [0.05, 0.1) is 28.9 Å². The Labute approximate surface area is 246 Å². The molecule has 0 aliphatic rings. The van der Waals surface area contributed by atoms with Crippen molar-refractivity contribution in [1.82, 2.24) is 24.4 Å². The second-order valence-corrected chi connectivity index (χ2v) is 10.9. The average Bonchev–Trinajstić information content (AvgIpc) is 3.55. The van der Waals surface area contributed by atoms with Crippen molar-refractivity contribution < 1.29 is 9.47 Å². The molecule has 3 aromatic heterocycles. The highest BCUT2D eigenvalue weighted by atomic mass is 79.9. The first-order valence-corrected chi connectivity index (χ1v) is 14.1. The van der Waals surface area contributed by atoms with Gasteiger partial charge in [0.25, 0.3) is 11.1 Å². The molecule has 0 atom stereocenters. The number of nitrogens with zero attached hydrogens (tertiary/aromatic N) is 5. The molecule has 0 radical (unpaired) electrons. The number of benzene rings is 3. The lowest BCUT2D eigenvalue weighted by Crippen LogP contribution is -2.28. The molecule has 0 aliphatic carbocycles. The van der Waals surface area contributed by atoms with Crippen LogP contribution >= 0.6 is 27.3 Å². The van der Waals surface area contributed by atoms with Gasteiger partial charge in [0.15, 0.2) is 0 Å². The van der Waals surface area contributed by atoms with Crippen LogP contribution in [-0.4, -0.2) is 38.6 Å². The number of halogens is 1. The van der Waals surface area contributed by atoms with Gasteiger partial charge in [-0.25, -0.2) is 4.68 Å². The number of ether oxygens (including phenoxy) is 2. The van der Waals surface area contributed by atoms with Crippen molar-refractivity contribution in [2.75, 3.05) is 14.2 Å². The van der Waals surface area contributed by atoms with Crippen LogP contribution < -0.4 is 25.1 Å². The van der Waals surface area contributed by atoms with Gasteiger partial charge in [0.1, 0.15) is 22.9 Å². The SMILES string of the molecule is COc1ccc(Cc2nn3c(=O)/c(=C/c4cn(-c5ccccc5)nc4-c4ccc(OC)c(Br)c4)sc3nc2=O)cc1. The van der Waals surface area contributed by atoms with Gasteiger partial charge in [0, 0.05) is 23.7 Å². The van der Waals surface area contributed by atoms with Gasteiger partial charge in [0.2, 0.25) is 4.96 Å². The fourth-order valence-electron chi connectivity index (χ4n) is 4.37. The molecule has 9 nitrogen and oxygen atoms in total. The van der Waals surface area contributed by atoms with Crippen LogP contribution in [0.1, 0.15) is 16.8 Å². The Morgan fingerprint density at radius 2 is 1.73 bits per heavy atom. The molecular formula is C30H22BrN5O4S. The molecule has 0 saturated heterocycles. The zero-order valence-corrected chi connectivity index (χ0v) is 24.3. The van der Waals surface area contributed by atoms with Crippen LogP contribution in [0, 0.1) is 0 Å². The molecule has 0 aliphatic heterocycles. The molecule has 0 saturated carbocycles. The van der Waals surface area contributed by atoms with Gasteiger partial charge in [-0.15, -0.1) is 0 Å². The number of thiazole rings is 1. The number of fused-ring (bicyclic) bond motifs is 1. The third kappa shape index (κ3) is 5.29. The van der Waals surface area contributed by atoms with Gasteiger partial charge in [-0.1, -0.05) is 41.7 Å². The Balaban J connectivity index is 1.46. The first-order valence-electron chi connectivity index (χ1n) is 12.5. The third-order valence-electron chi connectivity index (χ3n) is 6.46. The summed E-state index contributed by atoms with van der Waals surface area (Å²) in [5.74, 6) is 1.41. The minimum Gasteiger partial charge on any atom is -0.497 e. The standard InChI is InChI=1S/C30H22BrN5O4S/c1-39-22-11-8-18(9-12-22)14-24-28(37)32-30-36(33-24)29(38)26(41-30)16-20-17-35(21-6-4-3-5-7-21)34-27(20)19-10-13-25(40-2)23(31)15-19/h3-13,15-17H,14H2,1-2H3/b26-16-. The van der Waals surface area contributed by atoms with Crippen molar-refractivity contribution in [2.45, 2.75) is 6.42 Å². The number of rotatable bonds is 7. The molecule has 41 heavy (non-hydrogen) atoms. The molecule has 3 aromatic carbocycles. The molecule has 0 unspecified atom stereocenters. The Morgan fingerprint density at radius 3 is 2.44 bits per heavy atom. The van der Waals surface area contributed by atoms with Crippen molar-refractivity contribution in [2.24, 2.45) is 0 Å². The van der Waals surface area contributed by atoms with E-state index in [4.69, 9.17) is 14.6 Å². The molecule has 3 heterocycles. The van der Waals surface area contributed by atoms with E-state index in [0.717, 1.165) is 38.2 Å². The summed E-state index contributed by atoms with van der Waals surface area (Å²) in [5.41, 5.74) is 3.32. The molecule has 11 heteroatoms. The maximum absolute atomic E-state index is 13.5. The summed E-state index contributed by atoms with van der Waals surface area (Å²) < 4.78 is 14.7. The highest BCUT2D eigenvalue weighted by Crippen LogP contribution is 2.32. The van der Waals surface area contributed by atoms with E-state index in [1.54, 1.807) is 25.0 Å². The predicted molar refractivity (Wildman–Crippen MR) is 161 cm³/mol. The zero-order chi connectivity index (χ0) is 28.5. The van der Waals surface area contributed by atoms with E-state index < -0.39 is 5.56 Å². The summed E-state index contributed by atoms with van der Waals surface area (Å²) in [6.45, 7) is 0. The van der Waals surface area contributed by atoms with Gasteiger partial charge >= 0.3 is 0 Å². The molecule has 0 N–H and O–H groups in total. The summed E-state index contributed by atoms with van der Waals surface area (Å²) in [5, 5.41) is 9.23. The minimum atomic E-state index is -0.464. The zero-order valence-electron chi connectivity index (χ0n) is 21.9. The number of hydrogen-bond acceptors (Lipinski definition) is 8. The van der Waals surface area contributed by atoms with Crippen LogP contribution in [0.3, 0.4) is 0 Å². The van der Waals surface area contributed by atoms with Crippen LogP contribution in [0.5, 0.6) is 11.5 Å². The monoisotopic (exact) mass is 627 g/mol. The number of para-hydroxylation sites is 1. The molecule has 204 valence electrons. The van der Waals surface area contributed by atoms with Crippen LogP contribution in [0.25, 0.3) is 28.0 Å². The summed E-state index contributed by atoms with van der Waals surface area (Å²) in [7, 11) is 3.20. The molecular weight excluding hydrogens is 606 g/mol. The number of aromatic nitrogens is 5. The number of hydrogen-bond donors (Lipinski definition) is 0. The highest BCUT2D eigenvalue weighted by molar-refractivity contribution is 9.10. The normalized spacial score (nSPS) is 11.7. The first-order chi connectivity index (χ1) is 19.9. The van der Waals surface area contributed by atoms with E-state index >= 15 is 0 Å². The van der Waals surface area contributed by atoms with Crippen molar-refractivity contribution >= 4 is 38.3 Å². The van der Waals surface area contributed by atoms with Gasteiger partial charge in [-0.05, 0) is 70.0 Å². The topological polar surface area (TPSA) is 101 Å². The van der Waals surface area contributed by atoms with Crippen molar-refractivity contribution in [1.29, 1.82) is 0 Å². The average molecular weight is 629 g/mol. The molecule has 0 spiro atoms. The van der Waals surface area contributed by atoms with E-state index in [2.05, 4.69) is 26.0 Å². The Hall–Kier alpha value is -4.61. The Kier molecular flexibility index (Phi) is 7.21. The Bertz CT molecular complexity index is 2050. The van der Waals surface area contributed by atoms with Crippen LogP contribution in [0.2, 0.25) is 0 Å². The lowest BCUT2D eigenvalue weighted by atomic mass is 10.1.